The summed E-state index contributed by atoms with van der Waals surface area (Å²) in [5, 5.41) is 8.15. The molecule has 0 saturated heterocycles. The second-order valence-electron chi connectivity index (χ2n) is 1.80. The van der Waals surface area contributed by atoms with Crippen molar-refractivity contribution in [2.75, 3.05) is 5.88 Å². The second-order valence-corrected chi connectivity index (χ2v) is 2.06. The number of carbonyl (C=O) groups is 1. The van der Waals surface area contributed by atoms with E-state index in [2.05, 4.69) is 4.74 Å². The third-order valence-corrected chi connectivity index (χ3v) is 1.04. The van der Waals surface area contributed by atoms with E-state index in [0.717, 1.165) is 0 Å². The van der Waals surface area contributed by atoms with Crippen LogP contribution in [0.15, 0.2) is 0 Å². The van der Waals surface area contributed by atoms with Crippen LogP contribution in [0.25, 0.3) is 0 Å². The van der Waals surface area contributed by atoms with E-state index in [0.29, 0.717) is 0 Å². The molecule has 0 radical (unpaired) electrons. The lowest BCUT2D eigenvalue weighted by Crippen LogP contribution is -2.14. The number of hydrogen-bond acceptors (Lipinski definition) is 3. The number of hydrogen-bond donors (Lipinski definition) is 0. The molecule has 0 aliphatic heterocycles. The van der Waals surface area contributed by atoms with E-state index in [1.165, 1.54) is 0 Å². The number of nitriles is 1. The first-order valence-electron chi connectivity index (χ1n) is 2.83. The second kappa shape index (κ2) is 5.07. The van der Waals surface area contributed by atoms with Crippen molar-refractivity contribution in [3.63, 3.8) is 0 Å². The lowest BCUT2D eigenvalue weighted by molar-refractivity contribution is -0.144. The summed E-state index contributed by atoms with van der Waals surface area (Å²) < 4.78 is 4.65. The Balaban J connectivity index is 3.49. The zero-order valence-corrected chi connectivity index (χ0v) is 6.39. The van der Waals surface area contributed by atoms with Gasteiger partial charge in [0.1, 0.15) is 12.0 Å². The Labute approximate surface area is 64.5 Å². The van der Waals surface area contributed by atoms with Gasteiger partial charge in [-0.1, -0.05) is 0 Å². The van der Waals surface area contributed by atoms with Gasteiger partial charge in [0.15, 0.2) is 0 Å². The summed E-state index contributed by atoms with van der Waals surface area (Å²) in [5.74, 6) is -0.639. The van der Waals surface area contributed by atoms with Gasteiger partial charge in [-0.2, -0.15) is 5.26 Å². The van der Waals surface area contributed by atoms with Gasteiger partial charge in [0, 0.05) is 0 Å². The fraction of sp³-hybridized carbons (Fsp3) is 0.667. The molecule has 10 heavy (non-hydrogen) atoms. The molecule has 0 aliphatic carbocycles. The van der Waals surface area contributed by atoms with E-state index in [1.807, 2.05) is 6.07 Å². The van der Waals surface area contributed by atoms with Gasteiger partial charge >= 0.3 is 5.97 Å². The van der Waals surface area contributed by atoms with Crippen LogP contribution >= 0.6 is 11.6 Å². The third kappa shape index (κ3) is 4.16. The van der Waals surface area contributed by atoms with Gasteiger partial charge in [0.05, 0.1) is 12.5 Å². The monoisotopic (exact) mass is 161 g/mol. The number of esters is 1. The van der Waals surface area contributed by atoms with Crippen LogP contribution in [0.1, 0.15) is 13.3 Å². The normalized spacial score (nSPS) is 11.7. The van der Waals surface area contributed by atoms with Crippen LogP contribution in [-0.2, 0) is 9.53 Å². The molecule has 0 bridgehead atoms. The highest BCUT2D eigenvalue weighted by molar-refractivity contribution is 6.26. The van der Waals surface area contributed by atoms with Crippen LogP contribution in [-0.4, -0.2) is 18.0 Å². The molecule has 0 aromatic carbocycles. The quantitative estimate of drug-likeness (QED) is 0.460. The predicted octanol–water partition coefficient (Wildman–Crippen LogP) is 1.07. The minimum absolute atomic E-state index is 0.157. The highest BCUT2D eigenvalue weighted by Crippen LogP contribution is 1.96. The van der Waals surface area contributed by atoms with Crippen molar-refractivity contribution in [3.05, 3.63) is 0 Å². The van der Waals surface area contributed by atoms with Gasteiger partial charge in [-0.25, -0.2) is 0 Å². The van der Waals surface area contributed by atoms with Crippen LogP contribution < -0.4 is 0 Å². The zero-order valence-electron chi connectivity index (χ0n) is 5.63. The summed E-state index contributed by atoms with van der Waals surface area (Å²) >= 11 is 5.14. The Hall–Kier alpha value is -0.750. The van der Waals surface area contributed by atoms with Gasteiger partial charge in [-0.15, -0.1) is 11.6 Å². The van der Waals surface area contributed by atoms with Gasteiger partial charge in [0.25, 0.3) is 0 Å². The molecule has 0 spiro atoms. The molecule has 4 heteroatoms. The van der Waals surface area contributed by atoms with E-state index >= 15 is 0 Å². The number of nitrogens with zero attached hydrogens (tertiary/aromatic N) is 1. The van der Waals surface area contributed by atoms with Crippen LogP contribution in [0.2, 0.25) is 0 Å². The molecule has 1 atom stereocenters. The topological polar surface area (TPSA) is 50.1 Å². The average Bonchev–Trinajstić information content (AvgIpc) is 1.88. The predicted molar refractivity (Wildman–Crippen MR) is 36.5 cm³/mol. The fourth-order valence-electron chi connectivity index (χ4n) is 0.426. The summed E-state index contributed by atoms with van der Waals surface area (Å²) in [6, 6.07) is 1.88. The Morgan fingerprint density at radius 1 is 1.90 bits per heavy atom. The van der Waals surface area contributed by atoms with E-state index in [-0.39, 0.29) is 18.4 Å². The zero-order chi connectivity index (χ0) is 7.98. The van der Waals surface area contributed by atoms with Gasteiger partial charge in [-0.05, 0) is 6.92 Å². The maximum absolute atomic E-state index is 10.4. The van der Waals surface area contributed by atoms with Gasteiger partial charge in [0.2, 0.25) is 0 Å². The molecule has 0 unspecified atom stereocenters. The van der Waals surface area contributed by atoms with Crippen molar-refractivity contribution in [1.82, 2.24) is 0 Å². The number of alkyl halides is 1. The maximum Gasteiger partial charge on any atom is 0.321 e. The summed E-state index contributed by atoms with van der Waals surface area (Å²) in [6.07, 6.45) is -0.140. The molecule has 3 nitrogen and oxygen atoms in total. The van der Waals surface area contributed by atoms with E-state index < -0.39 is 5.97 Å². The molecule has 0 fully saturated rings. The Morgan fingerprint density at radius 2 is 2.50 bits per heavy atom. The molecule has 0 aliphatic rings. The van der Waals surface area contributed by atoms with Crippen molar-refractivity contribution >= 4 is 17.6 Å². The van der Waals surface area contributed by atoms with Crippen molar-refractivity contribution in [2.45, 2.75) is 19.4 Å². The van der Waals surface area contributed by atoms with Crippen LogP contribution in [0.5, 0.6) is 0 Å². The number of carbonyl (C=O) groups excluding carboxylic acids is 1. The Kier molecular flexibility index (Phi) is 4.69. The fourth-order valence-corrected chi connectivity index (χ4v) is 0.489. The van der Waals surface area contributed by atoms with E-state index in [4.69, 9.17) is 16.9 Å². The molecule has 0 heterocycles. The molecule has 0 N–H and O–H groups in total. The average molecular weight is 162 g/mol. The first-order chi connectivity index (χ1) is 4.70. The highest BCUT2D eigenvalue weighted by Gasteiger charge is 2.06. The lowest BCUT2D eigenvalue weighted by atomic mass is 10.3. The van der Waals surface area contributed by atoms with Crippen molar-refractivity contribution in [1.29, 1.82) is 5.26 Å². The summed E-state index contributed by atoms with van der Waals surface area (Å²) in [6.45, 7) is 1.65. The first-order valence-corrected chi connectivity index (χ1v) is 3.36. The Morgan fingerprint density at radius 3 is 2.90 bits per heavy atom. The molecule has 56 valence electrons. The Bertz CT molecular complexity index is 152. The molecule has 0 aromatic heterocycles. The molecule has 0 rings (SSSR count). The summed E-state index contributed by atoms with van der Waals surface area (Å²) in [5.41, 5.74) is 0. The van der Waals surface area contributed by atoms with E-state index in [1.54, 1.807) is 6.92 Å². The number of rotatable bonds is 3. The molecular weight excluding hydrogens is 154 g/mol. The molecule has 0 amide bonds. The molecule has 0 aromatic rings. The van der Waals surface area contributed by atoms with Crippen molar-refractivity contribution in [2.24, 2.45) is 0 Å². The largest absolute Gasteiger partial charge is 0.461 e. The van der Waals surface area contributed by atoms with Crippen LogP contribution in [0.3, 0.4) is 0 Å². The summed E-state index contributed by atoms with van der Waals surface area (Å²) in [7, 11) is 0. The maximum atomic E-state index is 10.4. The van der Waals surface area contributed by atoms with Gasteiger partial charge < -0.3 is 4.74 Å². The van der Waals surface area contributed by atoms with Gasteiger partial charge in [-0.3, -0.25) is 4.79 Å². The molecular formula is C6H8ClNO2. The lowest BCUT2D eigenvalue weighted by Gasteiger charge is -2.06. The summed E-state index contributed by atoms with van der Waals surface area (Å²) in [4.78, 5) is 10.4. The van der Waals surface area contributed by atoms with Crippen LogP contribution in [0.4, 0.5) is 0 Å². The minimum atomic E-state index is -0.482. The molecule has 0 saturated carbocycles. The van der Waals surface area contributed by atoms with Crippen molar-refractivity contribution in [3.8, 4) is 6.07 Å². The van der Waals surface area contributed by atoms with Crippen molar-refractivity contribution < 1.29 is 9.53 Å². The smallest absolute Gasteiger partial charge is 0.321 e. The highest BCUT2D eigenvalue weighted by atomic mass is 35.5. The SMILES string of the molecule is C[C@@H](CC#N)OC(=O)CCl. The first kappa shape index (κ1) is 9.25. The van der Waals surface area contributed by atoms with Crippen LogP contribution in [0, 0.1) is 11.3 Å². The minimum Gasteiger partial charge on any atom is -0.461 e. The number of halogens is 1. The number of ether oxygens (including phenoxy) is 1. The van der Waals surface area contributed by atoms with E-state index in [9.17, 15) is 4.79 Å². The standard InChI is InChI=1S/C6H8ClNO2/c1-5(2-3-8)10-6(9)4-7/h5H,2,4H2,1H3/t5-/m0/s1. The third-order valence-electron chi connectivity index (χ3n) is 0.820.